The average molecular weight is 348 g/mol. The van der Waals surface area contributed by atoms with E-state index < -0.39 is 0 Å². The maximum atomic E-state index is 12.8. The number of nitrogens with zero attached hydrogens (tertiary/aromatic N) is 1. The van der Waals surface area contributed by atoms with Crippen molar-refractivity contribution in [2.24, 2.45) is 0 Å². The Labute approximate surface area is 152 Å². The highest BCUT2D eigenvalue weighted by molar-refractivity contribution is 6.01. The third kappa shape index (κ3) is 4.60. The molecule has 0 fully saturated rings. The molecular weight excluding hydrogens is 328 g/mol. The SMILES string of the molecule is O=C(CCC(=O)N(c1ccccc1)c1ccccc1)NCc1ccco1. The Kier molecular flexibility index (Phi) is 5.83. The van der Waals surface area contributed by atoms with Crippen molar-refractivity contribution in [3.05, 3.63) is 84.8 Å². The number of anilines is 2. The Hall–Kier alpha value is -3.34. The second-order valence-corrected chi connectivity index (χ2v) is 5.76. The molecule has 0 radical (unpaired) electrons. The van der Waals surface area contributed by atoms with Crippen molar-refractivity contribution in [1.82, 2.24) is 5.32 Å². The Bertz CT molecular complexity index is 791. The molecule has 132 valence electrons. The zero-order chi connectivity index (χ0) is 18.2. The van der Waals surface area contributed by atoms with Gasteiger partial charge in [-0.3, -0.25) is 14.5 Å². The molecule has 2 aromatic carbocycles. The predicted octanol–water partition coefficient (Wildman–Crippen LogP) is 4.04. The number of carbonyl (C=O) groups excluding carboxylic acids is 2. The molecule has 5 heteroatoms. The highest BCUT2D eigenvalue weighted by Crippen LogP contribution is 2.26. The summed E-state index contributed by atoms with van der Waals surface area (Å²) in [6.07, 6.45) is 1.80. The van der Waals surface area contributed by atoms with E-state index in [-0.39, 0.29) is 24.7 Å². The fourth-order valence-corrected chi connectivity index (χ4v) is 2.61. The Balaban J connectivity index is 1.63. The molecule has 26 heavy (non-hydrogen) atoms. The summed E-state index contributed by atoms with van der Waals surface area (Å²) in [4.78, 5) is 26.5. The number of carbonyl (C=O) groups is 2. The van der Waals surface area contributed by atoms with Crippen LogP contribution in [-0.4, -0.2) is 11.8 Å². The molecule has 0 bridgehead atoms. The van der Waals surface area contributed by atoms with Gasteiger partial charge in [-0.05, 0) is 36.4 Å². The summed E-state index contributed by atoms with van der Waals surface area (Å²) >= 11 is 0. The minimum atomic E-state index is -0.184. The molecule has 0 unspecified atom stereocenters. The fourth-order valence-electron chi connectivity index (χ4n) is 2.61. The largest absolute Gasteiger partial charge is 0.467 e. The second-order valence-electron chi connectivity index (χ2n) is 5.76. The van der Waals surface area contributed by atoms with E-state index in [2.05, 4.69) is 5.32 Å². The normalized spacial score (nSPS) is 10.3. The minimum Gasteiger partial charge on any atom is -0.467 e. The first kappa shape index (κ1) is 17.5. The molecule has 0 aliphatic heterocycles. The molecular formula is C21H20N2O3. The molecule has 0 saturated heterocycles. The molecule has 0 atom stereocenters. The number of furan rings is 1. The second kappa shape index (κ2) is 8.67. The summed E-state index contributed by atoms with van der Waals surface area (Å²) in [7, 11) is 0. The van der Waals surface area contributed by atoms with Crippen LogP contribution in [0.25, 0.3) is 0 Å². The number of rotatable bonds is 7. The van der Waals surface area contributed by atoms with Crippen LogP contribution in [-0.2, 0) is 16.1 Å². The maximum absolute atomic E-state index is 12.8. The zero-order valence-electron chi connectivity index (χ0n) is 14.3. The monoisotopic (exact) mass is 348 g/mol. The summed E-state index contributed by atoms with van der Waals surface area (Å²) in [6.45, 7) is 0.321. The number of benzene rings is 2. The third-order valence-electron chi connectivity index (χ3n) is 3.88. The number of hydrogen-bond acceptors (Lipinski definition) is 3. The first-order valence-electron chi connectivity index (χ1n) is 8.46. The highest BCUT2D eigenvalue weighted by atomic mass is 16.3. The van der Waals surface area contributed by atoms with Gasteiger partial charge in [0.25, 0.3) is 0 Å². The number of hydrogen-bond donors (Lipinski definition) is 1. The van der Waals surface area contributed by atoms with Crippen LogP contribution in [0, 0.1) is 0 Å². The quantitative estimate of drug-likeness (QED) is 0.701. The first-order chi connectivity index (χ1) is 12.7. The van der Waals surface area contributed by atoms with Crippen molar-refractivity contribution in [2.75, 3.05) is 4.90 Å². The average Bonchev–Trinajstić information content (AvgIpc) is 3.20. The molecule has 0 aliphatic rings. The topological polar surface area (TPSA) is 62.6 Å². The van der Waals surface area contributed by atoms with Gasteiger partial charge in [0.2, 0.25) is 11.8 Å². The smallest absolute Gasteiger partial charge is 0.232 e. The molecule has 3 aromatic rings. The lowest BCUT2D eigenvalue weighted by atomic mass is 10.2. The summed E-state index contributed by atoms with van der Waals surface area (Å²) < 4.78 is 5.17. The minimum absolute atomic E-state index is 0.119. The van der Waals surface area contributed by atoms with Crippen molar-refractivity contribution in [2.45, 2.75) is 19.4 Å². The van der Waals surface area contributed by atoms with Crippen LogP contribution < -0.4 is 10.2 Å². The van der Waals surface area contributed by atoms with Crippen LogP contribution in [0.2, 0.25) is 0 Å². The van der Waals surface area contributed by atoms with Gasteiger partial charge in [0, 0.05) is 24.2 Å². The summed E-state index contributed by atoms with van der Waals surface area (Å²) in [5.41, 5.74) is 1.55. The lowest BCUT2D eigenvalue weighted by Crippen LogP contribution is -2.29. The Morgan fingerprint density at radius 1 is 0.808 bits per heavy atom. The fraction of sp³-hybridized carbons (Fsp3) is 0.143. The zero-order valence-corrected chi connectivity index (χ0v) is 14.3. The van der Waals surface area contributed by atoms with E-state index in [1.54, 1.807) is 23.3 Å². The Morgan fingerprint density at radius 2 is 1.42 bits per heavy atom. The molecule has 3 rings (SSSR count). The van der Waals surface area contributed by atoms with Crippen molar-refractivity contribution in [3.63, 3.8) is 0 Å². The van der Waals surface area contributed by atoms with E-state index in [4.69, 9.17) is 4.42 Å². The molecule has 1 heterocycles. The van der Waals surface area contributed by atoms with Gasteiger partial charge in [-0.2, -0.15) is 0 Å². The molecule has 2 amide bonds. The molecule has 1 aromatic heterocycles. The molecule has 0 saturated carbocycles. The predicted molar refractivity (Wildman–Crippen MR) is 99.8 cm³/mol. The van der Waals surface area contributed by atoms with E-state index >= 15 is 0 Å². The van der Waals surface area contributed by atoms with Crippen molar-refractivity contribution in [1.29, 1.82) is 0 Å². The number of nitrogens with one attached hydrogen (secondary N) is 1. The van der Waals surface area contributed by atoms with Gasteiger partial charge in [-0.25, -0.2) is 0 Å². The van der Waals surface area contributed by atoms with Crippen molar-refractivity contribution >= 4 is 23.2 Å². The van der Waals surface area contributed by atoms with E-state index in [0.29, 0.717) is 12.3 Å². The highest BCUT2D eigenvalue weighted by Gasteiger charge is 2.18. The standard InChI is InChI=1S/C21H20N2O3/c24-20(22-16-19-12-7-15-26-19)13-14-21(25)23(17-8-3-1-4-9-17)18-10-5-2-6-11-18/h1-12,15H,13-14,16H2,(H,22,24). The molecule has 1 N–H and O–H groups in total. The Morgan fingerprint density at radius 3 is 1.96 bits per heavy atom. The van der Waals surface area contributed by atoms with Gasteiger partial charge < -0.3 is 9.73 Å². The van der Waals surface area contributed by atoms with Crippen LogP contribution >= 0.6 is 0 Å². The summed E-state index contributed by atoms with van der Waals surface area (Å²) in [5, 5.41) is 2.76. The van der Waals surface area contributed by atoms with Crippen LogP contribution in [0.3, 0.4) is 0 Å². The number of para-hydroxylation sites is 2. The van der Waals surface area contributed by atoms with E-state index in [1.807, 2.05) is 60.7 Å². The van der Waals surface area contributed by atoms with Gasteiger partial charge in [0.1, 0.15) is 5.76 Å². The van der Waals surface area contributed by atoms with Crippen molar-refractivity contribution < 1.29 is 14.0 Å². The third-order valence-corrected chi connectivity index (χ3v) is 3.88. The lowest BCUT2D eigenvalue weighted by molar-refractivity contribution is -0.125. The summed E-state index contributed by atoms with van der Waals surface area (Å²) in [6, 6.07) is 22.4. The molecule has 5 nitrogen and oxygen atoms in total. The van der Waals surface area contributed by atoms with Gasteiger partial charge in [-0.1, -0.05) is 36.4 Å². The van der Waals surface area contributed by atoms with Crippen LogP contribution in [0.4, 0.5) is 11.4 Å². The van der Waals surface area contributed by atoms with E-state index in [1.165, 1.54) is 0 Å². The van der Waals surface area contributed by atoms with Crippen LogP contribution in [0.5, 0.6) is 0 Å². The van der Waals surface area contributed by atoms with Gasteiger partial charge in [-0.15, -0.1) is 0 Å². The maximum Gasteiger partial charge on any atom is 0.232 e. The molecule has 0 spiro atoms. The van der Waals surface area contributed by atoms with Crippen LogP contribution in [0.15, 0.2) is 83.5 Å². The van der Waals surface area contributed by atoms with Gasteiger partial charge >= 0.3 is 0 Å². The lowest BCUT2D eigenvalue weighted by Gasteiger charge is -2.23. The van der Waals surface area contributed by atoms with Gasteiger partial charge in [0.15, 0.2) is 0 Å². The van der Waals surface area contributed by atoms with E-state index in [0.717, 1.165) is 11.4 Å². The van der Waals surface area contributed by atoms with Crippen LogP contribution in [0.1, 0.15) is 18.6 Å². The first-order valence-corrected chi connectivity index (χ1v) is 8.46. The number of amides is 2. The van der Waals surface area contributed by atoms with Gasteiger partial charge in [0.05, 0.1) is 12.8 Å². The van der Waals surface area contributed by atoms with E-state index in [9.17, 15) is 9.59 Å². The van der Waals surface area contributed by atoms with Crippen molar-refractivity contribution in [3.8, 4) is 0 Å². The molecule has 0 aliphatic carbocycles. The summed E-state index contributed by atoms with van der Waals surface area (Å²) in [5.74, 6) is 0.367.